The first-order valence-electron chi connectivity index (χ1n) is 4.29. The highest BCUT2D eigenvalue weighted by atomic mass is 19.3. The van der Waals surface area contributed by atoms with E-state index in [0.29, 0.717) is 0 Å². The van der Waals surface area contributed by atoms with E-state index in [1.165, 1.54) is 13.3 Å². The molecule has 1 heterocycles. The van der Waals surface area contributed by atoms with Crippen LogP contribution in [0.2, 0.25) is 0 Å². The van der Waals surface area contributed by atoms with Gasteiger partial charge < -0.3 is 15.6 Å². The second-order valence-electron chi connectivity index (χ2n) is 2.85. The van der Waals surface area contributed by atoms with Gasteiger partial charge in [-0.25, -0.2) is 13.8 Å². The van der Waals surface area contributed by atoms with Crippen molar-refractivity contribution in [3.05, 3.63) is 22.9 Å². The number of halogens is 2. The Morgan fingerprint density at radius 1 is 1.60 bits per heavy atom. The predicted molar refractivity (Wildman–Crippen MR) is 49.6 cm³/mol. The van der Waals surface area contributed by atoms with Crippen LogP contribution in [-0.2, 0) is 13.2 Å². The summed E-state index contributed by atoms with van der Waals surface area (Å²) < 4.78 is 30.2. The van der Waals surface area contributed by atoms with Crippen LogP contribution >= 0.6 is 0 Å². The van der Waals surface area contributed by atoms with Crippen molar-refractivity contribution in [2.24, 2.45) is 5.73 Å². The van der Waals surface area contributed by atoms with E-state index < -0.39 is 13.0 Å². The maximum Gasteiger partial charge on any atom is 0.264 e. The van der Waals surface area contributed by atoms with Gasteiger partial charge in [0.15, 0.2) is 0 Å². The molecule has 0 aromatic carbocycles. The van der Waals surface area contributed by atoms with Crippen molar-refractivity contribution in [3.8, 4) is 5.88 Å². The van der Waals surface area contributed by atoms with Crippen LogP contribution in [0.3, 0.4) is 0 Å². The third kappa shape index (κ3) is 2.21. The summed E-state index contributed by atoms with van der Waals surface area (Å²) in [7, 11) is 1.30. The predicted octanol–water partition coefficient (Wildman–Crippen LogP) is 0.979. The van der Waals surface area contributed by atoms with E-state index >= 15 is 0 Å². The lowest BCUT2D eigenvalue weighted by Crippen LogP contribution is -2.09. The fraction of sp³-hybridized carbons (Fsp3) is 0.444. The number of aliphatic hydroxyl groups excluding tert-OH is 1. The van der Waals surface area contributed by atoms with Crippen molar-refractivity contribution in [2.75, 3.05) is 7.11 Å². The molecule has 1 aromatic rings. The molecule has 1 aromatic heterocycles. The first-order chi connectivity index (χ1) is 7.15. The monoisotopic (exact) mass is 218 g/mol. The summed E-state index contributed by atoms with van der Waals surface area (Å²) in [6.45, 7) is -0.604. The summed E-state index contributed by atoms with van der Waals surface area (Å²) in [6, 6.07) is 0. The van der Waals surface area contributed by atoms with Crippen molar-refractivity contribution in [1.29, 1.82) is 0 Å². The number of methoxy groups -OCH3 is 1. The Kier molecular flexibility index (Phi) is 3.93. The molecule has 6 heteroatoms. The molecular weight excluding hydrogens is 206 g/mol. The Bertz CT molecular complexity index is 345. The second-order valence-corrected chi connectivity index (χ2v) is 2.85. The molecule has 0 fully saturated rings. The molecule has 15 heavy (non-hydrogen) atoms. The molecule has 84 valence electrons. The highest BCUT2D eigenvalue weighted by Crippen LogP contribution is 2.31. The molecule has 0 saturated heterocycles. The number of pyridine rings is 1. The number of nitrogens with two attached hydrogens (primary N) is 1. The highest BCUT2D eigenvalue weighted by molar-refractivity contribution is 5.40. The highest BCUT2D eigenvalue weighted by Gasteiger charge is 2.21. The Morgan fingerprint density at radius 3 is 2.67 bits per heavy atom. The summed E-state index contributed by atoms with van der Waals surface area (Å²) in [5.41, 5.74) is 5.24. The maximum atomic E-state index is 12.7. The lowest BCUT2D eigenvalue weighted by molar-refractivity contribution is 0.144. The lowest BCUT2D eigenvalue weighted by Gasteiger charge is -2.13. The van der Waals surface area contributed by atoms with Gasteiger partial charge in [-0.3, -0.25) is 0 Å². The quantitative estimate of drug-likeness (QED) is 0.790. The fourth-order valence-corrected chi connectivity index (χ4v) is 1.36. The Balaban J connectivity index is 3.37. The van der Waals surface area contributed by atoms with Crippen molar-refractivity contribution in [3.63, 3.8) is 0 Å². The van der Waals surface area contributed by atoms with Crippen LogP contribution < -0.4 is 10.5 Å². The van der Waals surface area contributed by atoms with E-state index in [1.54, 1.807) is 0 Å². The summed E-state index contributed by atoms with van der Waals surface area (Å²) in [5.74, 6) is 0.00463. The van der Waals surface area contributed by atoms with Gasteiger partial charge >= 0.3 is 0 Å². The van der Waals surface area contributed by atoms with Crippen molar-refractivity contribution < 1.29 is 18.6 Å². The molecule has 0 atom stereocenters. The molecule has 0 saturated carbocycles. The zero-order chi connectivity index (χ0) is 11.4. The van der Waals surface area contributed by atoms with Gasteiger partial charge in [-0.1, -0.05) is 0 Å². The van der Waals surface area contributed by atoms with E-state index in [9.17, 15) is 8.78 Å². The maximum absolute atomic E-state index is 12.7. The van der Waals surface area contributed by atoms with Crippen molar-refractivity contribution in [2.45, 2.75) is 19.6 Å². The van der Waals surface area contributed by atoms with Crippen molar-refractivity contribution >= 4 is 0 Å². The van der Waals surface area contributed by atoms with E-state index in [1.807, 2.05) is 0 Å². The van der Waals surface area contributed by atoms with Crippen LogP contribution in [0.25, 0.3) is 0 Å². The van der Waals surface area contributed by atoms with Gasteiger partial charge in [0.05, 0.1) is 13.7 Å². The first kappa shape index (κ1) is 11.8. The number of hydrogen-bond acceptors (Lipinski definition) is 4. The van der Waals surface area contributed by atoms with Gasteiger partial charge in [0.25, 0.3) is 6.43 Å². The SMILES string of the molecule is COc1ncc(CN)c(C(F)F)c1CO. The molecule has 0 aliphatic heterocycles. The topological polar surface area (TPSA) is 68.4 Å². The summed E-state index contributed by atoms with van der Waals surface area (Å²) in [5, 5.41) is 9.01. The van der Waals surface area contributed by atoms with Crippen molar-refractivity contribution in [1.82, 2.24) is 4.98 Å². The Hall–Kier alpha value is -1.27. The van der Waals surface area contributed by atoms with Gasteiger partial charge in [0.1, 0.15) is 0 Å². The van der Waals surface area contributed by atoms with E-state index in [-0.39, 0.29) is 29.1 Å². The molecule has 0 spiro atoms. The number of ether oxygens (including phenoxy) is 1. The van der Waals surface area contributed by atoms with Gasteiger partial charge in [-0.15, -0.1) is 0 Å². The zero-order valence-corrected chi connectivity index (χ0v) is 8.20. The third-order valence-corrected chi connectivity index (χ3v) is 2.06. The normalized spacial score (nSPS) is 10.8. The van der Waals surface area contributed by atoms with Gasteiger partial charge in [-0.05, 0) is 5.56 Å². The molecule has 0 radical (unpaired) electrons. The average Bonchev–Trinajstić information content (AvgIpc) is 2.26. The van der Waals surface area contributed by atoms with Crippen LogP contribution in [0.1, 0.15) is 23.1 Å². The van der Waals surface area contributed by atoms with E-state index in [2.05, 4.69) is 4.98 Å². The number of nitrogens with zero attached hydrogens (tertiary/aromatic N) is 1. The minimum Gasteiger partial charge on any atom is -0.481 e. The first-order valence-corrected chi connectivity index (χ1v) is 4.29. The Labute approximate surface area is 85.7 Å². The molecule has 1 rings (SSSR count). The molecule has 0 bridgehead atoms. The molecular formula is C9H12F2N2O2. The van der Waals surface area contributed by atoms with Gasteiger partial charge in [-0.2, -0.15) is 0 Å². The number of hydrogen-bond donors (Lipinski definition) is 2. The molecule has 0 aliphatic carbocycles. The molecule has 0 amide bonds. The number of aromatic nitrogens is 1. The summed E-state index contributed by atoms with van der Waals surface area (Å²) in [6.07, 6.45) is -1.47. The standard InChI is InChI=1S/C9H12F2N2O2/c1-15-9-6(4-14)7(8(10)11)5(2-12)3-13-9/h3,8,14H,2,4,12H2,1H3. The minimum absolute atomic E-state index is 0.00421. The molecule has 3 N–H and O–H groups in total. The van der Waals surface area contributed by atoms with Crippen LogP contribution in [0.15, 0.2) is 6.20 Å². The number of rotatable bonds is 4. The number of aliphatic hydroxyl groups is 1. The Morgan fingerprint density at radius 2 is 2.27 bits per heavy atom. The molecule has 0 unspecified atom stereocenters. The van der Waals surface area contributed by atoms with E-state index in [0.717, 1.165) is 0 Å². The molecule has 4 nitrogen and oxygen atoms in total. The third-order valence-electron chi connectivity index (χ3n) is 2.06. The van der Waals surface area contributed by atoms with Crippen LogP contribution in [0.4, 0.5) is 8.78 Å². The van der Waals surface area contributed by atoms with Gasteiger partial charge in [0, 0.05) is 23.9 Å². The fourth-order valence-electron chi connectivity index (χ4n) is 1.36. The lowest BCUT2D eigenvalue weighted by atomic mass is 10.0. The minimum atomic E-state index is -2.71. The molecule has 0 aliphatic rings. The average molecular weight is 218 g/mol. The van der Waals surface area contributed by atoms with Gasteiger partial charge in [0.2, 0.25) is 5.88 Å². The van der Waals surface area contributed by atoms with Crippen LogP contribution in [0, 0.1) is 0 Å². The van der Waals surface area contributed by atoms with Crippen LogP contribution in [-0.4, -0.2) is 17.2 Å². The zero-order valence-electron chi connectivity index (χ0n) is 8.20. The smallest absolute Gasteiger partial charge is 0.264 e. The number of alkyl halides is 2. The van der Waals surface area contributed by atoms with E-state index in [4.69, 9.17) is 15.6 Å². The summed E-state index contributed by atoms with van der Waals surface area (Å²) >= 11 is 0. The second kappa shape index (κ2) is 4.99. The van der Waals surface area contributed by atoms with Crippen LogP contribution in [0.5, 0.6) is 5.88 Å². The summed E-state index contributed by atoms with van der Waals surface area (Å²) in [4.78, 5) is 3.79. The largest absolute Gasteiger partial charge is 0.481 e.